The molecule has 0 saturated carbocycles. The summed E-state index contributed by atoms with van der Waals surface area (Å²) in [6, 6.07) is 13.9. The van der Waals surface area contributed by atoms with Crippen molar-refractivity contribution in [1.29, 1.82) is 0 Å². The minimum atomic E-state index is -0.302. The third-order valence-electron chi connectivity index (χ3n) is 2.29. The van der Waals surface area contributed by atoms with E-state index in [1.54, 1.807) is 12.1 Å². The molecule has 0 aliphatic heterocycles. The second kappa shape index (κ2) is 5.18. The van der Waals surface area contributed by atoms with Crippen LogP contribution in [0, 0.1) is 18.2 Å². The molecule has 0 fully saturated rings. The summed E-state index contributed by atoms with van der Waals surface area (Å²) in [7, 11) is 0. The zero-order chi connectivity index (χ0) is 12.1. The fourth-order valence-corrected chi connectivity index (χ4v) is 1.48. The van der Waals surface area contributed by atoms with E-state index in [9.17, 15) is 4.39 Å². The van der Waals surface area contributed by atoms with Crippen molar-refractivity contribution in [2.45, 2.75) is 6.42 Å². The molecule has 2 heteroatoms. The second-order valence-corrected chi connectivity index (χ2v) is 3.55. The predicted octanol–water partition coefficient (Wildman–Crippen LogP) is 3.79. The normalized spacial score (nSPS) is 9.65. The smallest absolute Gasteiger partial charge is 0.127 e. The summed E-state index contributed by atoms with van der Waals surface area (Å²) in [5.41, 5.74) is 0.473. The van der Waals surface area contributed by atoms with Gasteiger partial charge in [-0.15, -0.1) is 12.3 Å². The molecule has 2 aromatic rings. The number of para-hydroxylation sites is 1. The summed E-state index contributed by atoms with van der Waals surface area (Å²) in [5, 5.41) is 0. The van der Waals surface area contributed by atoms with Crippen LogP contribution in [0.5, 0.6) is 11.5 Å². The van der Waals surface area contributed by atoms with Crippen molar-refractivity contribution in [3.8, 4) is 23.8 Å². The Morgan fingerprint density at radius 3 is 2.53 bits per heavy atom. The Morgan fingerprint density at radius 2 is 1.82 bits per heavy atom. The van der Waals surface area contributed by atoms with Gasteiger partial charge in [0, 0.05) is 12.0 Å². The van der Waals surface area contributed by atoms with Crippen molar-refractivity contribution in [3.63, 3.8) is 0 Å². The van der Waals surface area contributed by atoms with E-state index in [1.807, 2.05) is 30.3 Å². The monoisotopic (exact) mass is 226 g/mol. The van der Waals surface area contributed by atoms with Crippen molar-refractivity contribution in [3.05, 3.63) is 59.9 Å². The van der Waals surface area contributed by atoms with Gasteiger partial charge in [0.2, 0.25) is 0 Å². The number of rotatable bonds is 3. The molecule has 0 amide bonds. The van der Waals surface area contributed by atoms with Gasteiger partial charge in [-0.2, -0.15) is 0 Å². The summed E-state index contributed by atoms with van der Waals surface area (Å²) < 4.78 is 18.9. The summed E-state index contributed by atoms with van der Waals surface area (Å²) in [4.78, 5) is 0. The minimum Gasteiger partial charge on any atom is -0.457 e. The molecule has 84 valence electrons. The Kier molecular flexibility index (Phi) is 3.42. The topological polar surface area (TPSA) is 9.23 Å². The zero-order valence-corrected chi connectivity index (χ0v) is 9.19. The summed E-state index contributed by atoms with van der Waals surface area (Å²) in [6.45, 7) is 0. The lowest BCUT2D eigenvalue weighted by Gasteiger charge is -2.07. The van der Waals surface area contributed by atoms with Gasteiger partial charge in [0.15, 0.2) is 0 Å². The Labute approximate surface area is 99.9 Å². The first-order valence-electron chi connectivity index (χ1n) is 5.24. The van der Waals surface area contributed by atoms with Gasteiger partial charge in [0.25, 0.3) is 0 Å². The van der Waals surface area contributed by atoms with Gasteiger partial charge in [0.1, 0.15) is 17.3 Å². The molecular weight excluding hydrogens is 215 g/mol. The molecule has 0 radical (unpaired) electrons. The molecule has 0 heterocycles. The van der Waals surface area contributed by atoms with Crippen LogP contribution in [0.25, 0.3) is 0 Å². The van der Waals surface area contributed by atoms with Gasteiger partial charge in [-0.1, -0.05) is 18.2 Å². The molecule has 0 aliphatic rings. The molecular formula is C15H11FO. The van der Waals surface area contributed by atoms with E-state index in [-0.39, 0.29) is 12.2 Å². The molecule has 0 aliphatic carbocycles. The Hall–Kier alpha value is -2.27. The lowest BCUT2D eigenvalue weighted by Crippen LogP contribution is -1.91. The van der Waals surface area contributed by atoms with Crippen LogP contribution in [-0.2, 0) is 6.42 Å². The van der Waals surface area contributed by atoms with E-state index in [2.05, 4.69) is 5.92 Å². The fraction of sp³-hybridized carbons (Fsp3) is 0.0667. The van der Waals surface area contributed by atoms with Crippen LogP contribution in [0.15, 0.2) is 48.5 Å². The van der Waals surface area contributed by atoms with Crippen molar-refractivity contribution >= 4 is 0 Å². The Balaban J connectivity index is 2.23. The number of terminal acetylenes is 1. The first-order valence-corrected chi connectivity index (χ1v) is 5.24. The van der Waals surface area contributed by atoms with E-state index < -0.39 is 0 Å². The van der Waals surface area contributed by atoms with Gasteiger partial charge in [-0.25, -0.2) is 4.39 Å². The molecule has 0 saturated heterocycles. The molecule has 0 N–H and O–H groups in total. The van der Waals surface area contributed by atoms with Crippen molar-refractivity contribution in [2.75, 3.05) is 0 Å². The number of ether oxygens (including phenoxy) is 1. The van der Waals surface area contributed by atoms with Crippen molar-refractivity contribution in [2.24, 2.45) is 0 Å². The lowest BCUT2D eigenvalue weighted by atomic mass is 10.1. The van der Waals surface area contributed by atoms with Crippen LogP contribution >= 0.6 is 0 Å². The van der Waals surface area contributed by atoms with E-state index >= 15 is 0 Å². The molecule has 1 nitrogen and oxygen atoms in total. The molecule has 2 rings (SSSR count). The first-order chi connectivity index (χ1) is 8.29. The van der Waals surface area contributed by atoms with E-state index in [0.29, 0.717) is 17.1 Å². The van der Waals surface area contributed by atoms with Crippen LogP contribution in [0.2, 0.25) is 0 Å². The van der Waals surface area contributed by atoms with Crippen LogP contribution in [0.4, 0.5) is 4.39 Å². The standard InChI is InChI=1S/C15H11FO/c1-2-6-12-11-14(9-10-15(12)16)17-13-7-4-3-5-8-13/h1,3-5,7-11H,6H2. The average Bonchev–Trinajstić information content (AvgIpc) is 2.35. The maximum atomic E-state index is 13.3. The molecule has 0 bridgehead atoms. The Bertz CT molecular complexity index is 541. The summed E-state index contributed by atoms with van der Waals surface area (Å²) in [5.74, 6) is 3.42. The van der Waals surface area contributed by atoms with Gasteiger partial charge < -0.3 is 4.74 Å². The molecule has 17 heavy (non-hydrogen) atoms. The van der Waals surface area contributed by atoms with E-state index in [1.165, 1.54) is 6.07 Å². The van der Waals surface area contributed by atoms with Gasteiger partial charge in [-0.3, -0.25) is 0 Å². The molecule has 0 unspecified atom stereocenters. The van der Waals surface area contributed by atoms with Gasteiger partial charge in [-0.05, 0) is 30.3 Å². The third-order valence-corrected chi connectivity index (χ3v) is 2.29. The molecule has 0 spiro atoms. The summed E-state index contributed by atoms with van der Waals surface area (Å²) in [6.07, 6.45) is 5.44. The number of hydrogen-bond acceptors (Lipinski definition) is 1. The largest absolute Gasteiger partial charge is 0.457 e. The van der Waals surface area contributed by atoms with Crippen LogP contribution in [0.3, 0.4) is 0 Å². The van der Waals surface area contributed by atoms with Crippen LogP contribution < -0.4 is 4.74 Å². The SMILES string of the molecule is C#CCc1cc(Oc2ccccc2)ccc1F. The van der Waals surface area contributed by atoms with Crippen molar-refractivity contribution < 1.29 is 9.13 Å². The molecule has 0 atom stereocenters. The zero-order valence-electron chi connectivity index (χ0n) is 9.19. The van der Waals surface area contributed by atoms with Crippen LogP contribution in [-0.4, -0.2) is 0 Å². The number of hydrogen-bond donors (Lipinski definition) is 0. The predicted molar refractivity (Wildman–Crippen MR) is 65.5 cm³/mol. The van der Waals surface area contributed by atoms with E-state index in [4.69, 9.17) is 11.2 Å². The Morgan fingerprint density at radius 1 is 1.06 bits per heavy atom. The first kappa shape index (κ1) is 11.2. The van der Waals surface area contributed by atoms with Crippen LogP contribution in [0.1, 0.15) is 5.56 Å². The quantitative estimate of drug-likeness (QED) is 0.723. The minimum absolute atomic E-state index is 0.262. The maximum absolute atomic E-state index is 13.3. The number of halogens is 1. The highest BCUT2D eigenvalue weighted by Gasteiger charge is 2.03. The second-order valence-electron chi connectivity index (χ2n) is 3.55. The fourth-order valence-electron chi connectivity index (χ4n) is 1.48. The highest BCUT2D eigenvalue weighted by atomic mass is 19.1. The highest BCUT2D eigenvalue weighted by Crippen LogP contribution is 2.23. The summed E-state index contributed by atoms with van der Waals surface area (Å²) >= 11 is 0. The maximum Gasteiger partial charge on any atom is 0.127 e. The number of benzene rings is 2. The molecule has 2 aromatic carbocycles. The van der Waals surface area contributed by atoms with E-state index in [0.717, 1.165) is 0 Å². The third kappa shape index (κ3) is 2.85. The van der Waals surface area contributed by atoms with Gasteiger partial charge in [0.05, 0.1) is 0 Å². The lowest BCUT2D eigenvalue weighted by molar-refractivity contribution is 0.479. The average molecular weight is 226 g/mol. The molecule has 0 aromatic heterocycles. The van der Waals surface area contributed by atoms with Crippen molar-refractivity contribution in [1.82, 2.24) is 0 Å². The van der Waals surface area contributed by atoms with Gasteiger partial charge >= 0.3 is 0 Å². The highest BCUT2D eigenvalue weighted by molar-refractivity contribution is 5.35.